The first-order valence-corrected chi connectivity index (χ1v) is 6.87. The van der Waals surface area contributed by atoms with Gasteiger partial charge in [-0.1, -0.05) is 12.5 Å². The van der Waals surface area contributed by atoms with Gasteiger partial charge in [0.2, 0.25) is 0 Å². The smallest absolute Gasteiger partial charge is 0.114 e. The third-order valence-corrected chi connectivity index (χ3v) is 4.09. The molecule has 1 saturated heterocycles. The Kier molecular flexibility index (Phi) is 3.08. The first-order chi connectivity index (χ1) is 8.74. The first-order valence-electron chi connectivity index (χ1n) is 6.87. The maximum atomic E-state index is 4.60. The van der Waals surface area contributed by atoms with Gasteiger partial charge in [0.1, 0.15) is 5.82 Å². The maximum absolute atomic E-state index is 4.60. The number of nitrogens with zero attached hydrogens (tertiary/aromatic N) is 3. The van der Waals surface area contributed by atoms with E-state index in [4.69, 9.17) is 0 Å². The second-order valence-electron chi connectivity index (χ2n) is 5.51. The van der Waals surface area contributed by atoms with E-state index < -0.39 is 0 Å². The summed E-state index contributed by atoms with van der Waals surface area (Å²) in [6.07, 6.45) is 9.25. The molecule has 2 aromatic rings. The van der Waals surface area contributed by atoms with Crippen molar-refractivity contribution in [2.45, 2.75) is 38.6 Å². The molecular formula is C15H21N3. The number of fused-ring (bicyclic) bond motifs is 1. The van der Waals surface area contributed by atoms with Crippen LogP contribution in [0.3, 0.4) is 0 Å². The lowest BCUT2D eigenvalue weighted by Crippen LogP contribution is -2.38. The molecule has 0 aliphatic carbocycles. The largest absolute Gasteiger partial charge is 0.303 e. The molecule has 0 saturated carbocycles. The van der Waals surface area contributed by atoms with Crippen LogP contribution in [0.5, 0.6) is 0 Å². The molecule has 1 aliphatic heterocycles. The van der Waals surface area contributed by atoms with E-state index in [9.17, 15) is 0 Å². The third-order valence-electron chi connectivity index (χ3n) is 4.09. The van der Waals surface area contributed by atoms with Gasteiger partial charge in [0.05, 0.1) is 11.7 Å². The summed E-state index contributed by atoms with van der Waals surface area (Å²) in [6, 6.07) is 4.95. The van der Waals surface area contributed by atoms with E-state index in [0.717, 1.165) is 6.42 Å². The topological polar surface area (TPSA) is 20.5 Å². The number of pyridine rings is 1. The molecule has 1 atom stereocenters. The van der Waals surface area contributed by atoms with E-state index in [2.05, 4.69) is 46.6 Å². The first kappa shape index (κ1) is 11.7. The quantitative estimate of drug-likeness (QED) is 0.808. The zero-order valence-electron chi connectivity index (χ0n) is 11.3. The van der Waals surface area contributed by atoms with Crippen LogP contribution >= 0.6 is 0 Å². The Morgan fingerprint density at radius 1 is 1.33 bits per heavy atom. The van der Waals surface area contributed by atoms with Crippen LogP contribution in [-0.4, -0.2) is 33.9 Å². The van der Waals surface area contributed by atoms with E-state index >= 15 is 0 Å². The summed E-state index contributed by atoms with van der Waals surface area (Å²) in [4.78, 5) is 7.09. The van der Waals surface area contributed by atoms with Crippen LogP contribution in [0.2, 0.25) is 0 Å². The number of hydrogen-bond donors (Lipinski definition) is 0. The van der Waals surface area contributed by atoms with Crippen molar-refractivity contribution in [2.24, 2.45) is 0 Å². The van der Waals surface area contributed by atoms with Gasteiger partial charge in [-0.25, -0.2) is 4.98 Å². The minimum atomic E-state index is 0.657. The lowest BCUT2D eigenvalue weighted by Gasteiger charge is -2.32. The van der Waals surface area contributed by atoms with Crippen molar-refractivity contribution in [2.75, 3.05) is 13.6 Å². The summed E-state index contributed by atoms with van der Waals surface area (Å²) < 4.78 is 2.25. The fourth-order valence-electron chi connectivity index (χ4n) is 2.91. The van der Waals surface area contributed by atoms with E-state index in [-0.39, 0.29) is 0 Å². The van der Waals surface area contributed by atoms with E-state index in [1.54, 1.807) is 0 Å². The van der Waals surface area contributed by atoms with Crippen molar-refractivity contribution in [3.63, 3.8) is 0 Å². The third kappa shape index (κ3) is 2.15. The summed E-state index contributed by atoms with van der Waals surface area (Å²) in [7, 11) is 2.24. The van der Waals surface area contributed by atoms with Gasteiger partial charge >= 0.3 is 0 Å². The average Bonchev–Trinajstić information content (AvgIpc) is 2.75. The molecule has 1 aliphatic rings. The summed E-state index contributed by atoms with van der Waals surface area (Å²) >= 11 is 0. The van der Waals surface area contributed by atoms with E-state index in [1.807, 2.05) is 6.20 Å². The maximum Gasteiger partial charge on any atom is 0.114 e. The molecule has 3 heterocycles. The molecule has 96 valence electrons. The predicted octanol–water partition coefficient (Wildman–Crippen LogP) is 2.67. The van der Waals surface area contributed by atoms with Crippen LogP contribution < -0.4 is 0 Å². The second-order valence-corrected chi connectivity index (χ2v) is 5.51. The molecule has 0 amide bonds. The molecule has 0 bridgehead atoms. The van der Waals surface area contributed by atoms with Gasteiger partial charge in [0.15, 0.2) is 0 Å². The van der Waals surface area contributed by atoms with Gasteiger partial charge < -0.3 is 9.30 Å². The molecule has 0 N–H and O–H groups in total. The normalized spacial score (nSPS) is 21.6. The number of hydrogen-bond acceptors (Lipinski definition) is 2. The van der Waals surface area contributed by atoms with Crippen LogP contribution in [0.15, 0.2) is 24.5 Å². The Labute approximate surface area is 108 Å². The van der Waals surface area contributed by atoms with Gasteiger partial charge in [-0.2, -0.15) is 0 Å². The second kappa shape index (κ2) is 4.73. The highest BCUT2D eigenvalue weighted by Crippen LogP contribution is 2.19. The van der Waals surface area contributed by atoms with Gasteiger partial charge in [-0.3, -0.25) is 0 Å². The van der Waals surface area contributed by atoms with Crippen molar-refractivity contribution in [3.8, 4) is 0 Å². The number of imidazole rings is 1. The Bertz CT molecular complexity index is 544. The number of aromatic nitrogens is 2. The summed E-state index contributed by atoms with van der Waals surface area (Å²) in [5.41, 5.74) is 2.49. The molecular weight excluding hydrogens is 222 g/mol. The monoisotopic (exact) mass is 243 g/mol. The predicted molar refractivity (Wildman–Crippen MR) is 73.9 cm³/mol. The fraction of sp³-hybridized carbons (Fsp3) is 0.533. The Hall–Kier alpha value is -1.35. The van der Waals surface area contributed by atoms with Crippen LogP contribution in [-0.2, 0) is 6.42 Å². The van der Waals surface area contributed by atoms with Crippen LogP contribution in [0.4, 0.5) is 0 Å². The van der Waals surface area contributed by atoms with E-state index in [0.29, 0.717) is 6.04 Å². The summed E-state index contributed by atoms with van der Waals surface area (Å²) in [6.45, 7) is 3.36. The number of rotatable bonds is 2. The number of piperidine rings is 1. The van der Waals surface area contributed by atoms with Crippen molar-refractivity contribution in [3.05, 3.63) is 35.9 Å². The number of aryl methyl sites for hydroxylation is 1. The molecule has 3 nitrogen and oxygen atoms in total. The molecule has 1 unspecified atom stereocenters. The van der Waals surface area contributed by atoms with Gasteiger partial charge in [-0.05, 0) is 45.0 Å². The van der Waals surface area contributed by atoms with Crippen molar-refractivity contribution in [1.82, 2.24) is 14.3 Å². The highest BCUT2D eigenvalue weighted by atomic mass is 15.1. The lowest BCUT2D eigenvalue weighted by atomic mass is 10.00. The summed E-state index contributed by atoms with van der Waals surface area (Å²) in [5.74, 6) is 1.20. The molecule has 2 aromatic heterocycles. The zero-order chi connectivity index (χ0) is 12.5. The molecule has 3 rings (SSSR count). The highest BCUT2D eigenvalue weighted by Gasteiger charge is 2.20. The van der Waals surface area contributed by atoms with Crippen LogP contribution in [0.25, 0.3) is 5.52 Å². The zero-order valence-corrected chi connectivity index (χ0v) is 11.3. The molecule has 3 heteroatoms. The Morgan fingerprint density at radius 3 is 3.06 bits per heavy atom. The summed E-state index contributed by atoms with van der Waals surface area (Å²) in [5, 5.41) is 0. The van der Waals surface area contributed by atoms with E-state index in [1.165, 1.54) is 42.7 Å². The number of likely N-dealkylation sites (N-methyl/N-ethyl adjacent to an activating group) is 1. The molecule has 1 fully saturated rings. The minimum Gasteiger partial charge on any atom is -0.303 e. The molecule has 0 radical (unpaired) electrons. The highest BCUT2D eigenvalue weighted by molar-refractivity contribution is 5.46. The Morgan fingerprint density at radius 2 is 2.22 bits per heavy atom. The number of likely N-dealkylation sites (tertiary alicyclic amines) is 1. The van der Waals surface area contributed by atoms with Crippen molar-refractivity contribution in [1.29, 1.82) is 0 Å². The van der Waals surface area contributed by atoms with Crippen molar-refractivity contribution >= 4 is 5.52 Å². The molecule has 0 spiro atoms. The fourth-order valence-corrected chi connectivity index (χ4v) is 2.91. The van der Waals surface area contributed by atoms with Crippen molar-refractivity contribution < 1.29 is 0 Å². The van der Waals surface area contributed by atoms with Gasteiger partial charge in [0.25, 0.3) is 0 Å². The van der Waals surface area contributed by atoms with Crippen LogP contribution in [0.1, 0.15) is 30.7 Å². The minimum absolute atomic E-state index is 0.657. The average molecular weight is 243 g/mol. The van der Waals surface area contributed by atoms with Gasteiger partial charge in [0, 0.05) is 18.7 Å². The molecule has 18 heavy (non-hydrogen) atoms. The van der Waals surface area contributed by atoms with Gasteiger partial charge in [-0.15, -0.1) is 0 Å². The van der Waals surface area contributed by atoms with Crippen LogP contribution in [0, 0.1) is 6.92 Å². The SMILES string of the molecule is Cc1ccc2cnc(CC3CCCCN3C)n2c1. The Balaban J connectivity index is 1.87. The standard InChI is InChI=1S/C15H21N3/c1-12-6-7-14-10-16-15(18(14)11-12)9-13-5-3-4-8-17(13)2/h6-7,10-11,13H,3-5,8-9H2,1-2H3. The lowest BCUT2D eigenvalue weighted by molar-refractivity contribution is 0.182. The molecule has 0 aromatic carbocycles.